The topological polar surface area (TPSA) is 61.2 Å². The smallest absolute Gasteiger partial charge is 0.330 e. The van der Waals surface area contributed by atoms with Gasteiger partial charge in [-0.05, 0) is 55.7 Å². The number of hydrogen-bond acceptors (Lipinski definition) is 4. The average molecular weight is 411 g/mol. The minimum absolute atomic E-state index is 0.160. The number of carbonyl (C=O) groups is 1. The van der Waals surface area contributed by atoms with Crippen molar-refractivity contribution in [3.63, 3.8) is 0 Å². The van der Waals surface area contributed by atoms with E-state index in [0.29, 0.717) is 40.3 Å². The van der Waals surface area contributed by atoms with E-state index in [0.717, 1.165) is 16.8 Å². The van der Waals surface area contributed by atoms with Crippen molar-refractivity contribution in [1.29, 1.82) is 0 Å². The molecule has 6 heteroatoms. The monoisotopic (exact) mass is 410 g/mol. The molecule has 2 aromatic carbocycles. The summed E-state index contributed by atoms with van der Waals surface area (Å²) in [4.78, 5) is 29.8. The van der Waals surface area contributed by atoms with E-state index in [2.05, 4.69) is 0 Å². The number of esters is 1. The summed E-state index contributed by atoms with van der Waals surface area (Å²) in [5, 5.41) is 0.856. The van der Waals surface area contributed by atoms with Crippen LogP contribution >= 0.6 is 11.6 Å². The highest BCUT2D eigenvalue weighted by Crippen LogP contribution is 2.25. The molecule has 0 amide bonds. The first-order chi connectivity index (χ1) is 13.9. The quantitative estimate of drug-likeness (QED) is 0.448. The van der Waals surface area contributed by atoms with Crippen molar-refractivity contribution in [3.05, 3.63) is 74.3 Å². The Kier molecular flexibility index (Phi) is 6.18. The summed E-state index contributed by atoms with van der Waals surface area (Å²) in [6.07, 6.45) is 3.45. The van der Waals surface area contributed by atoms with E-state index >= 15 is 0 Å². The number of fused-ring (bicyclic) bond motifs is 1. The third-order valence-electron chi connectivity index (χ3n) is 4.72. The van der Waals surface area contributed by atoms with Crippen LogP contribution in [0.4, 0.5) is 0 Å². The van der Waals surface area contributed by atoms with Crippen LogP contribution in [0.15, 0.2) is 41.2 Å². The molecule has 0 unspecified atom stereocenters. The van der Waals surface area contributed by atoms with Crippen LogP contribution < -0.4 is 5.56 Å². The van der Waals surface area contributed by atoms with Crippen LogP contribution in [0, 0.1) is 13.8 Å². The van der Waals surface area contributed by atoms with Gasteiger partial charge in [-0.1, -0.05) is 36.7 Å². The van der Waals surface area contributed by atoms with E-state index < -0.39 is 5.97 Å². The molecular formula is C23H23ClN2O3. The van der Waals surface area contributed by atoms with E-state index in [9.17, 15) is 9.59 Å². The summed E-state index contributed by atoms with van der Waals surface area (Å²) in [6, 6.07) is 9.27. The molecule has 5 nitrogen and oxygen atoms in total. The molecule has 3 rings (SSSR count). The highest BCUT2D eigenvalue weighted by atomic mass is 35.5. The molecule has 0 radical (unpaired) electrons. The number of hydrogen-bond donors (Lipinski definition) is 0. The van der Waals surface area contributed by atoms with Gasteiger partial charge in [0.15, 0.2) is 0 Å². The summed E-state index contributed by atoms with van der Waals surface area (Å²) in [5.74, 6) is 0.210. The van der Waals surface area contributed by atoms with Crippen LogP contribution in [0.2, 0.25) is 5.02 Å². The standard InChI is InChI=1S/C23H23ClN2O3/c1-5-20-25-19-13-18(24)16(10-11-21(27)29-6-2)12-17(19)23(28)26(20)22-14(3)8-7-9-15(22)4/h7-13H,5-6H2,1-4H3/b11-10+. The van der Waals surface area contributed by atoms with Gasteiger partial charge >= 0.3 is 5.97 Å². The van der Waals surface area contributed by atoms with Crippen molar-refractivity contribution in [2.45, 2.75) is 34.1 Å². The van der Waals surface area contributed by atoms with Crippen LogP contribution in [0.1, 0.15) is 36.4 Å². The van der Waals surface area contributed by atoms with Gasteiger partial charge in [0.1, 0.15) is 5.82 Å². The predicted molar refractivity (Wildman–Crippen MR) is 117 cm³/mol. The Bertz CT molecular complexity index is 1160. The molecule has 150 valence electrons. The number of para-hydroxylation sites is 1. The zero-order valence-electron chi connectivity index (χ0n) is 17.0. The molecule has 0 saturated heterocycles. The first-order valence-corrected chi connectivity index (χ1v) is 9.91. The lowest BCUT2D eigenvalue weighted by Crippen LogP contribution is -2.25. The maximum atomic E-state index is 13.5. The third-order valence-corrected chi connectivity index (χ3v) is 5.05. The lowest BCUT2D eigenvalue weighted by atomic mass is 10.1. The van der Waals surface area contributed by atoms with Crippen molar-refractivity contribution < 1.29 is 9.53 Å². The lowest BCUT2D eigenvalue weighted by molar-refractivity contribution is -0.137. The van der Waals surface area contributed by atoms with E-state index in [1.165, 1.54) is 6.08 Å². The highest BCUT2D eigenvalue weighted by molar-refractivity contribution is 6.32. The molecule has 0 bridgehead atoms. The number of halogens is 1. The normalized spacial score (nSPS) is 11.3. The zero-order chi connectivity index (χ0) is 21.1. The van der Waals surface area contributed by atoms with Crippen molar-refractivity contribution in [2.75, 3.05) is 6.61 Å². The number of ether oxygens (including phenoxy) is 1. The van der Waals surface area contributed by atoms with Gasteiger partial charge in [-0.3, -0.25) is 9.36 Å². The van der Waals surface area contributed by atoms with Crippen LogP contribution in [0.5, 0.6) is 0 Å². The largest absolute Gasteiger partial charge is 0.463 e. The number of carbonyl (C=O) groups excluding carboxylic acids is 1. The molecule has 29 heavy (non-hydrogen) atoms. The fourth-order valence-electron chi connectivity index (χ4n) is 3.37. The average Bonchev–Trinajstić information content (AvgIpc) is 2.68. The molecule has 1 aromatic heterocycles. The number of rotatable bonds is 5. The van der Waals surface area contributed by atoms with Crippen molar-refractivity contribution >= 4 is 34.5 Å². The maximum Gasteiger partial charge on any atom is 0.330 e. The number of aryl methyl sites for hydroxylation is 3. The molecule has 0 spiro atoms. The van der Waals surface area contributed by atoms with Crippen LogP contribution in [0.3, 0.4) is 0 Å². The molecule has 0 saturated carbocycles. The molecule has 0 N–H and O–H groups in total. The Hall–Kier alpha value is -2.92. The fourth-order valence-corrected chi connectivity index (χ4v) is 3.59. The van der Waals surface area contributed by atoms with Crippen LogP contribution in [-0.4, -0.2) is 22.1 Å². The molecular weight excluding hydrogens is 388 g/mol. The van der Waals surface area contributed by atoms with Crippen molar-refractivity contribution in [2.24, 2.45) is 0 Å². The Morgan fingerprint density at radius 2 is 1.90 bits per heavy atom. The summed E-state index contributed by atoms with van der Waals surface area (Å²) in [6.45, 7) is 7.96. The van der Waals surface area contributed by atoms with Gasteiger partial charge in [0, 0.05) is 17.5 Å². The highest BCUT2D eigenvalue weighted by Gasteiger charge is 2.16. The number of benzene rings is 2. The Balaban J connectivity index is 2.27. The second-order valence-electron chi connectivity index (χ2n) is 6.74. The molecule has 1 heterocycles. The molecule has 0 fully saturated rings. The predicted octanol–water partition coefficient (Wildman–Crippen LogP) is 4.79. The Morgan fingerprint density at radius 3 is 2.52 bits per heavy atom. The third kappa shape index (κ3) is 4.10. The van der Waals surface area contributed by atoms with Gasteiger partial charge in [-0.2, -0.15) is 0 Å². The van der Waals surface area contributed by atoms with Gasteiger partial charge in [0.25, 0.3) is 5.56 Å². The van der Waals surface area contributed by atoms with E-state index in [-0.39, 0.29) is 5.56 Å². The van der Waals surface area contributed by atoms with Gasteiger partial charge < -0.3 is 4.74 Å². The first kappa shape index (κ1) is 20.8. The summed E-state index contributed by atoms with van der Waals surface area (Å²) in [5.41, 5.74) is 3.78. The number of aromatic nitrogens is 2. The Labute approximate surface area is 174 Å². The lowest BCUT2D eigenvalue weighted by Gasteiger charge is -2.17. The van der Waals surface area contributed by atoms with Crippen LogP contribution in [0.25, 0.3) is 22.7 Å². The minimum atomic E-state index is -0.462. The van der Waals surface area contributed by atoms with Crippen molar-refractivity contribution in [3.8, 4) is 5.69 Å². The van der Waals surface area contributed by atoms with E-state index in [1.54, 1.807) is 29.7 Å². The van der Waals surface area contributed by atoms with Crippen molar-refractivity contribution in [1.82, 2.24) is 9.55 Å². The molecule has 3 aromatic rings. The summed E-state index contributed by atoms with van der Waals surface area (Å²) < 4.78 is 6.58. The minimum Gasteiger partial charge on any atom is -0.463 e. The molecule has 0 atom stereocenters. The van der Waals surface area contributed by atoms with E-state index in [1.807, 2.05) is 39.0 Å². The maximum absolute atomic E-state index is 13.5. The zero-order valence-corrected chi connectivity index (χ0v) is 17.7. The molecule has 0 aliphatic carbocycles. The summed E-state index contributed by atoms with van der Waals surface area (Å²) in [7, 11) is 0. The number of nitrogens with zero attached hydrogens (tertiary/aromatic N) is 2. The SMILES string of the molecule is CCOC(=O)/C=C/c1cc2c(=O)n(-c3c(C)cccc3C)c(CC)nc2cc1Cl. The van der Waals surface area contributed by atoms with Crippen LogP contribution in [-0.2, 0) is 16.0 Å². The first-order valence-electron chi connectivity index (χ1n) is 9.54. The molecule has 0 aliphatic rings. The van der Waals surface area contributed by atoms with Gasteiger partial charge in [-0.15, -0.1) is 0 Å². The van der Waals surface area contributed by atoms with Gasteiger partial charge in [-0.25, -0.2) is 9.78 Å². The summed E-state index contributed by atoms with van der Waals surface area (Å²) >= 11 is 6.37. The second-order valence-corrected chi connectivity index (χ2v) is 7.15. The second kappa shape index (κ2) is 8.62. The van der Waals surface area contributed by atoms with Gasteiger partial charge in [0.2, 0.25) is 0 Å². The molecule has 0 aliphatic heterocycles. The fraction of sp³-hybridized carbons (Fsp3) is 0.261. The van der Waals surface area contributed by atoms with Gasteiger partial charge in [0.05, 0.1) is 23.2 Å². The van der Waals surface area contributed by atoms with E-state index in [4.69, 9.17) is 21.3 Å². The Morgan fingerprint density at radius 1 is 1.21 bits per heavy atom.